The normalized spacial score (nSPS) is 27.1. The lowest BCUT2D eigenvalue weighted by Gasteiger charge is -2.23. The number of hydrogen-bond donors (Lipinski definition) is 5. The predicted octanol–water partition coefficient (Wildman–Crippen LogP) is 3.30. The third kappa shape index (κ3) is 3.97. The van der Waals surface area contributed by atoms with Crippen molar-refractivity contribution in [3.63, 3.8) is 0 Å². The topological polar surface area (TPSA) is 120 Å². The van der Waals surface area contributed by atoms with E-state index in [0.717, 1.165) is 41.6 Å². The molecule has 3 fully saturated rings. The summed E-state index contributed by atoms with van der Waals surface area (Å²) >= 11 is 1.46. The van der Waals surface area contributed by atoms with Crippen LogP contribution in [0.5, 0.6) is 5.75 Å². The van der Waals surface area contributed by atoms with E-state index in [0.29, 0.717) is 35.1 Å². The van der Waals surface area contributed by atoms with Crippen molar-refractivity contribution in [3.8, 4) is 5.75 Å². The number of phenols is 1. The Morgan fingerprint density at radius 1 is 0.968 bits per heavy atom. The number of anilines is 4. The summed E-state index contributed by atoms with van der Waals surface area (Å²) in [7, 11) is 0. The maximum absolute atomic E-state index is 9.72. The number of benzene rings is 1. The summed E-state index contributed by atoms with van der Waals surface area (Å²) < 4.78 is 0.910. The van der Waals surface area contributed by atoms with Crippen molar-refractivity contribution in [1.29, 1.82) is 0 Å². The van der Waals surface area contributed by atoms with Gasteiger partial charge in [0, 0.05) is 18.6 Å². The molecule has 162 valence electrons. The van der Waals surface area contributed by atoms with E-state index < -0.39 is 0 Å². The molecule has 9 nitrogen and oxygen atoms in total. The highest BCUT2D eigenvalue weighted by Crippen LogP contribution is 2.45. The Hall–Kier alpha value is -2.72. The van der Waals surface area contributed by atoms with Crippen LogP contribution in [-0.4, -0.2) is 50.2 Å². The van der Waals surface area contributed by atoms with Crippen molar-refractivity contribution in [2.75, 3.05) is 29.0 Å². The second kappa shape index (κ2) is 7.76. The molecule has 3 unspecified atom stereocenters. The molecular weight excluding hydrogens is 412 g/mol. The first-order chi connectivity index (χ1) is 15.2. The zero-order valence-corrected chi connectivity index (χ0v) is 18.0. The largest absolute Gasteiger partial charge is 0.508 e. The molecule has 1 aromatic carbocycles. The molecule has 5 N–H and O–H groups in total. The van der Waals surface area contributed by atoms with Crippen LogP contribution in [0.2, 0.25) is 0 Å². The first kappa shape index (κ1) is 19.0. The van der Waals surface area contributed by atoms with Gasteiger partial charge in [-0.15, -0.1) is 0 Å². The lowest BCUT2D eigenvalue weighted by Crippen LogP contribution is -2.28. The van der Waals surface area contributed by atoms with Crippen LogP contribution in [0.1, 0.15) is 32.1 Å². The van der Waals surface area contributed by atoms with Gasteiger partial charge in [0.15, 0.2) is 5.13 Å². The van der Waals surface area contributed by atoms with E-state index in [4.69, 9.17) is 0 Å². The molecule has 6 rings (SSSR count). The maximum Gasteiger partial charge on any atom is 0.235 e. The van der Waals surface area contributed by atoms with E-state index in [1.54, 1.807) is 12.1 Å². The highest BCUT2D eigenvalue weighted by atomic mass is 32.1. The van der Waals surface area contributed by atoms with E-state index >= 15 is 0 Å². The van der Waals surface area contributed by atoms with Gasteiger partial charge >= 0.3 is 0 Å². The van der Waals surface area contributed by atoms with Gasteiger partial charge in [-0.2, -0.15) is 15.0 Å². The lowest BCUT2D eigenvalue weighted by atomic mass is 9.95. The fourth-order valence-electron chi connectivity index (χ4n) is 5.17. The van der Waals surface area contributed by atoms with Crippen LogP contribution < -0.4 is 21.3 Å². The number of phenolic OH excluding ortho intramolecular Hbond substituents is 1. The van der Waals surface area contributed by atoms with Crippen LogP contribution in [0.3, 0.4) is 0 Å². The second-order valence-electron chi connectivity index (χ2n) is 8.86. The summed E-state index contributed by atoms with van der Waals surface area (Å²) in [6.07, 6.45) is 6.24. The molecule has 2 saturated carbocycles. The van der Waals surface area contributed by atoms with Crippen molar-refractivity contribution in [3.05, 3.63) is 18.2 Å². The number of aromatic nitrogens is 4. The number of nitrogens with one attached hydrogen (secondary N) is 4. The SMILES string of the molecule is Oc1ccc2nc(Nc3nc(NC4CCNC4)nc(NC4C[C@H]5CCC4C5)n3)sc2c1. The Kier molecular flexibility index (Phi) is 4.76. The standard InChI is InChI=1S/C21H26N8OS/c30-14-3-4-15-17(9-14)31-21(25-15)29-20-27-18(23-13-5-6-22-10-13)26-19(28-20)24-16-8-11-1-2-12(16)7-11/h3-4,9,11-13,16,22,30H,1-2,5-8,10H2,(H3,23,24,25,26,27,28,29)/t11-,12?,13?,16?/m0/s1. The molecule has 1 aliphatic heterocycles. The molecule has 1 saturated heterocycles. The van der Waals surface area contributed by atoms with Gasteiger partial charge in [0.1, 0.15) is 5.75 Å². The number of nitrogens with zero attached hydrogens (tertiary/aromatic N) is 4. The molecule has 3 aromatic rings. The van der Waals surface area contributed by atoms with Crippen molar-refractivity contribution in [2.24, 2.45) is 11.8 Å². The molecule has 2 bridgehead atoms. The quantitative estimate of drug-likeness (QED) is 0.395. The average Bonchev–Trinajstić information content (AvgIpc) is 3.52. The molecule has 3 heterocycles. The number of hydrogen-bond acceptors (Lipinski definition) is 10. The molecule has 0 radical (unpaired) electrons. The molecule has 0 spiro atoms. The highest BCUT2D eigenvalue weighted by Gasteiger charge is 2.39. The third-order valence-electron chi connectivity index (χ3n) is 6.67. The maximum atomic E-state index is 9.72. The van der Waals surface area contributed by atoms with Crippen molar-refractivity contribution >= 4 is 44.5 Å². The zero-order valence-electron chi connectivity index (χ0n) is 17.1. The number of aromatic hydroxyl groups is 1. The summed E-state index contributed by atoms with van der Waals surface area (Å²) in [6, 6.07) is 5.93. The van der Waals surface area contributed by atoms with Gasteiger partial charge in [-0.3, -0.25) is 5.32 Å². The number of thiazole rings is 1. The van der Waals surface area contributed by atoms with Gasteiger partial charge in [0.25, 0.3) is 0 Å². The number of fused-ring (bicyclic) bond motifs is 3. The van der Waals surface area contributed by atoms with Crippen molar-refractivity contribution < 1.29 is 5.11 Å². The fraction of sp³-hybridized carbons (Fsp3) is 0.524. The molecule has 3 aliphatic rings. The fourth-order valence-corrected chi connectivity index (χ4v) is 6.06. The van der Waals surface area contributed by atoms with Gasteiger partial charge in [0.2, 0.25) is 17.8 Å². The summed E-state index contributed by atoms with van der Waals surface area (Å²) in [5.41, 5.74) is 0.829. The Morgan fingerprint density at radius 2 is 1.84 bits per heavy atom. The predicted molar refractivity (Wildman–Crippen MR) is 122 cm³/mol. The smallest absolute Gasteiger partial charge is 0.235 e. The van der Waals surface area contributed by atoms with E-state index in [1.807, 2.05) is 6.07 Å². The van der Waals surface area contributed by atoms with E-state index in [9.17, 15) is 5.11 Å². The monoisotopic (exact) mass is 438 g/mol. The lowest BCUT2D eigenvalue weighted by molar-refractivity contribution is 0.438. The van der Waals surface area contributed by atoms with Gasteiger partial charge in [0.05, 0.1) is 10.2 Å². The van der Waals surface area contributed by atoms with Crippen LogP contribution in [0.4, 0.5) is 23.0 Å². The van der Waals surface area contributed by atoms with Crippen molar-refractivity contribution in [2.45, 2.75) is 44.2 Å². The Bertz CT molecular complexity index is 1100. The third-order valence-corrected chi connectivity index (χ3v) is 7.61. The molecule has 0 amide bonds. The number of rotatable bonds is 6. The molecule has 10 heteroatoms. The summed E-state index contributed by atoms with van der Waals surface area (Å²) in [5.74, 6) is 3.47. The minimum atomic E-state index is 0.233. The van der Waals surface area contributed by atoms with Crippen LogP contribution in [-0.2, 0) is 0 Å². The minimum Gasteiger partial charge on any atom is -0.508 e. The molecule has 4 atom stereocenters. The minimum absolute atomic E-state index is 0.233. The second-order valence-corrected chi connectivity index (χ2v) is 9.89. The Balaban J connectivity index is 1.27. The molecular formula is C21H26N8OS. The van der Waals surface area contributed by atoms with Gasteiger partial charge in [-0.25, -0.2) is 4.98 Å². The van der Waals surface area contributed by atoms with Gasteiger partial charge in [-0.05, 0) is 62.3 Å². The Morgan fingerprint density at radius 3 is 2.61 bits per heavy atom. The van der Waals surface area contributed by atoms with E-state index in [1.165, 1.54) is 37.0 Å². The first-order valence-corrected chi connectivity index (χ1v) is 11.9. The van der Waals surface area contributed by atoms with Crippen LogP contribution >= 0.6 is 11.3 Å². The summed E-state index contributed by atoms with van der Waals surface area (Å²) in [6.45, 7) is 1.91. The molecule has 2 aromatic heterocycles. The van der Waals surface area contributed by atoms with E-state index in [2.05, 4.69) is 41.2 Å². The van der Waals surface area contributed by atoms with Gasteiger partial charge < -0.3 is 21.1 Å². The van der Waals surface area contributed by atoms with Crippen LogP contribution in [0.25, 0.3) is 10.2 Å². The zero-order chi connectivity index (χ0) is 20.8. The molecule has 31 heavy (non-hydrogen) atoms. The van der Waals surface area contributed by atoms with Crippen LogP contribution in [0, 0.1) is 11.8 Å². The highest BCUT2D eigenvalue weighted by molar-refractivity contribution is 7.22. The van der Waals surface area contributed by atoms with Crippen molar-refractivity contribution in [1.82, 2.24) is 25.3 Å². The van der Waals surface area contributed by atoms with Crippen LogP contribution in [0.15, 0.2) is 18.2 Å². The first-order valence-electron chi connectivity index (χ1n) is 11.0. The Labute approximate surface area is 184 Å². The summed E-state index contributed by atoms with van der Waals surface area (Å²) in [5, 5.41) is 24.1. The molecule has 2 aliphatic carbocycles. The average molecular weight is 439 g/mol. The van der Waals surface area contributed by atoms with Gasteiger partial charge in [-0.1, -0.05) is 17.8 Å². The van der Waals surface area contributed by atoms with E-state index in [-0.39, 0.29) is 5.75 Å². The summed E-state index contributed by atoms with van der Waals surface area (Å²) in [4.78, 5) is 18.5.